The lowest BCUT2D eigenvalue weighted by Crippen LogP contribution is -2.25. The second kappa shape index (κ2) is 12.6. The third-order valence-electron chi connectivity index (χ3n) is 13.3. The maximum absolute atomic E-state index is 5.51. The zero-order chi connectivity index (χ0) is 40.4. The lowest BCUT2D eigenvalue weighted by molar-refractivity contribution is 0.648. The Kier molecular flexibility index (Phi) is 7.04. The lowest BCUT2D eigenvalue weighted by atomic mass is 9.68. The fourth-order valence-corrected chi connectivity index (χ4v) is 10.6. The molecule has 3 aromatic heterocycles. The molecule has 9 aromatic carbocycles. The van der Waals surface area contributed by atoms with Crippen molar-refractivity contribution >= 4 is 65.3 Å². The van der Waals surface area contributed by atoms with E-state index in [1.165, 1.54) is 76.7 Å². The first-order valence-corrected chi connectivity index (χ1v) is 21.1. The van der Waals surface area contributed by atoms with E-state index in [9.17, 15) is 0 Å². The molecule has 1 aliphatic carbocycles. The van der Waals surface area contributed by atoms with Gasteiger partial charge in [0.2, 0.25) is 5.95 Å². The number of hydrogen-bond donors (Lipinski definition) is 0. The van der Waals surface area contributed by atoms with E-state index in [-0.39, 0.29) is 5.41 Å². The first-order chi connectivity index (χ1) is 30.0. The Morgan fingerprint density at radius 1 is 0.426 bits per heavy atom. The van der Waals surface area contributed by atoms with Crippen molar-refractivity contribution in [2.75, 3.05) is 0 Å². The van der Waals surface area contributed by atoms with Crippen molar-refractivity contribution in [3.8, 4) is 45.1 Å². The van der Waals surface area contributed by atoms with E-state index >= 15 is 0 Å². The van der Waals surface area contributed by atoms with Gasteiger partial charge in [0.1, 0.15) is 0 Å². The Morgan fingerprint density at radius 3 is 1.85 bits per heavy atom. The monoisotopic (exact) mass is 778 g/mol. The number of aromatic nitrogens is 4. The lowest BCUT2D eigenvalue weighted by Gasteiger charge is -2.36. The van der Waals surface area contributed by atoms with E-state index in [1.807, 2.05) is 0 Å². The van der Waals surface area contributed by atoms with Crippen LogP contribution in [-0.2, 0) is 5.41 Å². The van der Waals surface area contributed by atoms with Crippen molar-refractivity contribution in [3.05, 3.63) is 205 Å². The van der Waals surface area contributed by atoms with E-state index in [0.29, 0.717) is 5.95 Å². The summed E-state index contributed by atoms with van der Waals surface area (Å²) in [6.07, 6.45) is 0. The molecule has 4 heteroatoms. The van der Waals surface area contributed by atoms with Gasteiger partial charge in [0.05, 0.1) is 33.3 Å². The van der Waals surface area contributed by atoms with Gasteiger partial charge >= 0.3 is 0 Å². The van der Waals surface area contributed by atoms with E-state index in [4.69, 9.17) is 9.97 Å². The summed E-state index contributed by atoms with van der Waals surface area (Å²) < 4.78 is 4.74. The van der Waals surface area contributed by atoms with Crippen LogP contribution in [0, 0.1) is 0 Å². The summed E-state index contributed by atoms with van der Waals surface area (Å²) in [6.45, 7) is 4.78. The zero-order valence-corrected chi connectivity index (χ0v) is 33.8. The molecule has 0 saturated heterocycles. The predicted octanol–water partition coefficient (Wildman–Crippen LogP) is 14.6. The van der Waals surface area contributed by atoms with Gasteiger partial charge in [-0.25, -0.2) is 9.97 Å². The molecule has 12 aromatic rings. The Hall–Kier alpha value is -7.82. The third kappa shape index (κ3) is 4.82. The summed E-state index contributed by atoms with van der Waals surface area (Å²) in [4.78, 5) is 10.9. The maximum atomic E-state index is 5.51. The molecule has 1 aliphatic rings. The summed E-state index contributed by atoms with van der Waals surface area (Å²) >= 11 is 0. The van der Waals surface area contributed by atoms with Crippen LogP contribution >= 0.6 is 0 Å². The first kappa shape index (κ1) is 34.1. The molecule has 0 N–H and O–H groups in total. The standard InChI is InChI=1S/C57H38N4/c1-57(2)47-24-14-18-35-17-13-23-41(52(35)47)42-29-30-43-46-34-38(37-27-31-50-45(33-37)40-21-10-12-26-49(40)60(50)39-19-7-4-8-20-39)28-32-51(46)61(55(43)53(42)57)56-58-48-25-11-9-22-44(48)54(59-56)36-15-5-3-6-16-36/h3-34H,1-2H3. The van der Waals surface area contributed by atoms with Crippen molar-refractivity contribution in [2.24, 2.45) is 0 Å². The maximum Gasteiger partial charge on any atom is 0.235 e. The molecular formula is C57H38N4. The molecule has 0 radical (unpaired) electrons. The number of hydrogen-bond acceptors (Lipinski definition) is 2. The van der Waals surface area contributed by atoms with Gasteiger partial charge in [-0.1, -0.05) is 159 Å². The highest BCUT2D eigenvalue weighted by Gasteiger charge is 2.37. The summed E-state index contributed by atoms with van der Waals surface area (Å²) in [5.74, 6) is 0.668. The van der Waals surface area contributed by atoms with Crippen LogP contribution in [-0.4, -0.2) is 19.1 Å². The van der Waals surface area contributed by atoms with Crippen LogP contribution in [0.4, 0.5) is 0 Å². The van der Waals surface area contributed by atoms with Crippen LogP contribution < -0.4 is 0 Å². The molecule has 3 heterocycles. The van der Waals surface area contributed by atoms with Crippen LogP contribution in [0.25, 0.3) is 110 Å². The second-order valence-corrected chi connectivity index (χ2v) is 17.0. The summed E-state index contributed by atoms with van der Waals surface area (Å²) in [5, 5.41) is 8.49. The van der Waals surface area contributed by atoms with Crippen molar-refractivity contribution in [1.29, 1.82) is 0 Å². The zero-order valence-electron chi connectivity index (χ0n) is 33.8. The fourth-order valence-electron chi connectivity index (χ4n) is 10.6. The molecule has 0 spiro atoms. The molecule has 286 valence electrons. The third-order valence-corrected chi connectivity index (χ3v) is 13.3. The predicted molar refractivity (Wildman–Crippen MR) is 254 cm³/mol. The molecule has 0 fully saturated rings. The highest BCUT2D eigenvalue weighted by molar-refractivity contribution is 6.16. The summed E-state index contributed by atoms with van der Waals surface area (Å²) in [6, 6.07) is 70.4. The molecular weight excluding hydrogens is 741 g/mol. The number of rotatable bonds is 4. The molecule has 0 atom stereocenters. The van der Waals surface area contributed by atoms with Gasteiger partial charge in [-0.2, -0.15) is 0 Å². The molecule has 0 unspecified atom stereocenters. The van der Waals surface area contributed by atoms with Crippen LogP contribution in [0.1, 0.15) is 25.0 Å². The SMILES string of the molecule is CC1(C)c2cccc3cccc(c23)-c2ccc3c4cc(-c5ccc6c(c5)c5ccccc5n6-c5ccccc5)ccc4n(-c4nc(-c5ccccc5)c5ccccc5n4)c3c21. The number of para-hydroxylation sites is 3. The number of fused-ring (bicyclic) bond motifs is 10. The minimum Gasteiger partial charge on any atom is -0.309 e. The minimum absolute atomic E-state index is 0.325. The van der Waals surface area contributed by atoms with Crippen molar-refractivity contribution in [1.82, 2.24) is 19.1 Å². The van der Waals surface area contributed by atoms with Gasteiger partial charge in [0.15, 0.2) is 0 Å². The Balaban J connectivity index is 1.11. The average Bonchev–Trinajstić information content (AvgIpc) is 3.83. The van der Waals surface area contributed by atoms with E-state index in [1.54, 1.807) is 0 Å². The summed E-state index contributed by atoms with van der Waals surface area (Å²) in [5.41, 5.74) is 15.9. The van der Waals surface area contributed by atoms with Crippen LogP contribution in [0.5, 0.6) is 0 Å². The van der Waals surface area contributed by atoms with E-state index < -0.39 is 0 Å². The molecule has 0 amide bonds. The second-order valence-electron chi connectivity index (χ2n) is 17.0. The molecule has 0 bridgehead atoms. The van der Waals surface area contributed by atoms with Crippen molar-refractivity contribution in [3.63, 3.8) is 0 Å². The van der Waals surface area contributed by atoms with Crippen LogP contribution in [0.2, 0.25) is 0 Å². The molecule has 0 aliphatic heterocycles. The van der Waals surface area contributed by atoms with Gasteiger partial charge in [-0.05, 0) is 92.7 Å². The smallest absolute Gasteiger partial charge is 0.235 e. The Labute approximate surface area is 352 Å². The topological polar surface area (TPSA) is 35.6 Å². The molecule has 4 nitrogen and oxygen atoms in total. The van der Waals surface area contributed by atoms with Crippen molar-refractivity contribution < 1.29 is 0 Å². The van der Waals surface area contributed by atoms with Gasteiger partial charge in [-0.15, -0.1) is 0 Å². The van der Waals surface area contributed by atoms with E-state index in [2.05, 4.69) is 217 Å². The van der Waals surface area contributed by atoms with Crippen LogP contribution in [0.15, 0.2) is 194 Å². The summed E-state index contributed by atoms with van der Waals surface area (Å²) in [7, 11) is 0. The van der Waals surface area contributed by atoms with Crippen molar-refractivity contribution in [2.45, 2.75) is 19.3 Å². The number of benzene rings is 9. The largest absolute Gasteiger partial charge is 0.309 e. The first-order valence-electron chi connectivity index (χ1n) is 21.1. The van der Waals surface area contributed by atoms with Gasteiger partial charge < -0.3 is 4.57 Å². The average molecular weight is 779 g/mol. The van der Waals surface area contributed by atoms with Gasteiger partial charge in [0, 0.05) is 43.6 Å². The Bertz CT molecular complexity index is 3770. The van der Waals surface area contributed by atoms with E-state index in [0.717, 1.165) is 38.9 Å². The fraction of sp³-hybridized carbons (Fsp3) is 0.0526. The normalized spacial score (nSPS) is 13.2. The molecule has 0 saturated carbocycles. The van der Waals surface area contributed by atoms with Gasteiger partial charge in [-0.3, -0.25) is 4.57 Å². The van der Waals surface area contributed by atoms with Crippen LogP contribution in [0.3, 0.4) is 0 Å². The Morgan fingerprint density at radius 2 is 1.07 bits per heavy atom. The quantitative estimate of drug-likeness (QED) is 0.178. The highest BCUT2D eigenvalue weighted by atomic mass is 15.2. The number of nitrogens with zero attached hydrogens (tertiary/aromatic N) is 4. The molecule has 61 heavy (non-hydrogen) atoms. The van der Waals surface area contributed by atoms with Gasteiger partial charge in [0.25, 0.3) is 0 Å². The minimum atomic E-state index is -0.325. The highest BCUT2D eigenvalue weighted by Crippen LogP contribution is 2.52. The molecule has 13 rings (SSSR count).